The third-order valence-electron chi connectivity index (χ3n) is 4.49. The number of aliphatic imine (C=N–C) groups is 1. The van der Waals surface area contributed by atoms with Gasteiger partial charge in [0.25, 0.3) is 6.02 Å². The predicted octanol–water partition coefficient (Wildman–Crippen LogP) is 4.19. The molecule has 3 heterocycles. The molecule has 0 amide bonds. The van der Waals surface area contributed by atoms with Crippen LogP contribution in [0.25, 0.3) is 11.0 Å². The Balaban J connectivity index is 1.57. The average molecular weight is 467 g/mol. The summed E-state index contributed by atoms with van der Waals surface area (Å²) in [7, 11) is 0. The van der Waals surface area contributed by atoms with E-state index in [1.807, 2.05) is 6.92 Å². The number of rotatable bonds is 4. The van der Waals surface area contributed by atoms with E-state index in [-0.39, 0.29) is 30.7 Å². The molecule has 152 valence electrons. The van der Waals surface area contributed by atoms with Crippen molar-refractivity contribution in [2.75, 3.05) is 25.1 Å². The highest BCUT2D eigenvalue weighted by Gasteiger charge is 2.29. The second kappa shape index (κ2) is 7.60. The molecule has 0 saturated heterocycles. The molecule has 10 heteroatoms. The third kappa shape index (κ3) is 3.90. The number of anilines is 1. The summed E-state index contributed by atoms with van der Waals surface area (Å²) in [6, 6.07) is 3.84. The lowest BCUT2D eigenvalue weighted by Gasteiger charge is -2.30. The van der Waals surface area contributed by atoms with Crippen LogP contribution in [-0.2, 0) is 4.74 Å². The van der Waals surface area contributed by atoms with Crippen LogP contribution < -0.4 is 10.1 Å². The Kier molecular flexibility index (Phi) is 5.13. The largest absolute Gasteiger partial charge is 0.464 e. The molecule has 7 nitrogen and oxygen atoms in total. The lowest BCUT2D eigenvalue weighted by molar-refractivity contribution is 0.0706. The molecule has 1 aromatic carbocycles. The summed E-state index contributed by atoms with van der Waals surface area (Å²) in [4.78, 5) is 11.2. The van der Waals surface area contributed by atoms with Crippen LogP contribution in [0.2, 0.25) is 0 Å². The average Bonchev–Trinajstić information content (AvgIpc) is 3.09. The van der Waals surface area contributed by atoms with E-state index in [1.165, 1.54) is 12.3 Å². The first kappa shape index (κ1) is 19.6. The van der Waals surface area contributed by atoms with Crippen molar-refractivity contribution in [2.45, 2.75) is 6.92 Å². The molecule has 29 heavy (non-hydrogen) atoms. The van der Waals surface area contributed by atoms with Crippen molar-refractivity contribution >= 4 is 38.7 Å². The standard InChI is InChI=1S/C19H17BrF2N4O3/c1-19(8-27)7-25-18(28-9-19)26-10-4-12(21)16(13(22)5-10)29-14-2-3-23-17-15(14)11(20)6-24-17/h2-6,27H,7-9H2,1H3,(H,23,24)(H,25,26). The second-order valence-corrected chi connectivity index (χ2v) is 7.90. The van der Waals surface area contributed by atoms with Crippen LogP contribution in [0.5, 0.6) is 11.5 Å². The van der Waals surface area contributed by atoms with Gasteiger partial charge in [0.05, 0.1) is 18.5 Å². The number of hydrogen-bond donors (Lipinski definition) is 3. The minimum absolute atomic E-state index is 0.0708. The number of ether oxygens (including phenoxy) is 2. The topological polar surface area (TPSA) is 91.8 Å². The lowest BCUT2D eigenvalue weighted by Crippen LogP contribution is -2.38. The Morgan fingerprint density at radius 2 is 2.14 bits per heavy atom. The van der Waals surface area contributed by atoms with Gasteiger partial charge >= 0.3 is 0 Å². The Morgan fingerprint density at radius 1 is 1.38 bits per heavy atom. The van der Waals surface area contributed by atoms with E-state index < -0.39 is 22.8 Å². The maximum Gasteiger partial charge on any atom is 0.289 e. The number of halogens is 3. The molecule has 1 aliphatic heterocycles. The van der Waals surface area contributed by atoms with Gasteiger partial charge in [-0.05, 0) is 22.0 Å². The first-order valence-electron chi connectivity index (χ1n) is 8.72. The number of aliphatic hydroxyl groups excluding tert-OH is 1. The Bertz CT molecular complexity index is 1080. The van der Waals surface area contributed by atoms with Gasteiger partial charge in [0.1, 0.15) is 18.0 Å². The van der Waals surface area contributed by atoms with E-state index >= 15 is 0 Å². The number of aliphatic hydroxyl groups is 1. The summed E-state index contributed by atoms with van der Waals surface area (Å²) in [5, 5.41) is 12.6. The monoisotopic (exact) mass is 466 g/mol. The van der Waals surface area contributed by atoms with E-state index in [2.05, 4.69) is 36.2 Å². The highest BCUT2D eigenvalue weighted by molar-refractivity contribution is 9.10. The van der Waals surface area contributed by atoms with Crippen LogP contribution in [0.1, 0.15) is 6.92 Å². The van der Waals surface area contributed by atoms with E-state index in [4.69, 9.17) is 9.47 Å². The van der Waals surface area contributed by atoms with Crippen molar-refractivity contribution in [1.29, 1.82) is 0 Å². The van der Waals surface area contributed by atoms with Crippen molar-refractivity contribution in [3.63, 3.8) is 0 Å². The number of aromatic amines is 1. The number of H-pyrrole nitrogens is 1. The predicted molar refractivity (Wildman–Crippen MR) is 107 cm³/mol. The maximum absolute atomic E-state index is 14.6. The summed E-state index contributed by atoms with van der Waals surface area (Å²) in [6.45, 7) is 2.34. The number of fused-ring (bicyclic) bond motifs is 1. The van der Waals surface area contributed by atoms with Crippen LogP contribution >= 0.6 is 15.9 Å². The summed E-state index contributed by atoms with van der Waals surface area (Å²) >= 11 is 3.36. The molecule has 0 saturated carbocycles. The van der Waals surface area contributed by atoms with Gasteiger partial charge in [-0.1, -0.05) is 6.92 Å². The molecule has 0 bridgehead atoms. The summed E-state index contributed by atoms with van der Waals surface area (Å²) in [5.74, 6) is -2.05. The number of pyridine rings is 1. The van der Waals surface area contributed by atoms with Gasteiger partial charge in [-0.3, -0.25) is 0 Å². The van der Waals surface area contributed by atoms with E-state index in [9.17, 15) is 13.9 Å². The number of hydrogen-bond acceptors (Lipinski definition) is 6. The first-order chi connectivity index (χ1) is 13.9. The van der Waals surface area contributed by atoms with Crippen LogP contribution in [0.15, 0.2) is 40.1 Å². The number of nitrogens with one attached hydrogen (secondary N) is 2. The fourth-order valence-electron chi connectivity index (χ4n) is 2.80. The molecule has 0 spiro atoms. The molecule has 0 fully saturated rings. The van der Waals surface area contributed by atoms with Gasteiger partial charge < -0.3 is 24.9 Å². The molecule has 3 aromatic rings. The number of nitrogens with zero attached hydrogens (tertiary/aromatic N) is 2. The quantitative estimate of drug-likeness (QED) is 0.535. The highest BCUT2D eigenvalue weighted by atomic mass is 79.9. The zero-order chi connectivity index (χ0) is 20.6. The van der Waals surface area contributed by atoms with E-state index in [0.29, 0.717) is 22.1 Å². The summed E-state index contributed by atoms with van der Waals surface area (Å²) < 4.78 is 40.8. The van der Waals surface area contributed by atoms with E-state index in [1.54, 1.807) is 6.20 Å². The number of benzene rings is 1. The van der Waals surface area contributed by atoms with Gasteiger partial charge in [-0.15, -0.1) is 0 Å². The number of amidine groups is 1. The van der Waals surface area contributed by atoms with Crippen molar-refractivity contribution in [1.82, 2.24) is 9.97 Å². The summed E-state index contributed by atoms with van der Waals surface area (Å²) in [6.07, 6.45) is 3.14. The van der Waals surface area contributed by atoms with Crippen LogP contribution in [-0.4, -0.2) is 40.9 Å². The normalized spacial score (nSPS) is 19.0. The molecule has 4 rings (SSSR count). The molecular formula is C19H17BrF2N4O3. The molecule has 3 N–H and O–H groups in total. The van der Waals surface area contributed by atoms with E-state index in [0.717, 1.165) is 12.1 Å². The second-order valence-electron chi connectivity index (χ2n) is 7.04. The molecule has 2 aromatic heterocycles. The van der Waals surface area contributed by atoms with Crippen molar-refractivity contribution < 1.29 is 23.4 Å². The van der Waals surface area contributed by atoms with Gasteiger partial charge in [0, 0.05) is 40.1 Å². The first-order valence-corrected chi connectivity index (χ1v) is 9.51. The Labute approximate surface area is 172 Å². The highest BCUT2D eigenvalue weighted by Crippen LogP contribution is 2.36. The fourth-order valence-corrected chi connectivity index (χ4v) is 3.30. The molecule has 0 aliphatic carbocycles. The fraction of sp³-hybridized carbons (Fsp3) is 0.263. The molecular weight excluding hydrogens is 450 g/mol. The minimum Gasteiger partial charge on any atom is -0.464 e. The van der Waals surface area contributed by atoms with Crippen molar-refractivity contribution in [2.24, 2.45) is 10.4 Å². The third-order valence-corrected chi connectivity index (χ3v) is 5.12. The molecule has 1 aliphatic rings. The molecule has 1 atom stereocenters. The smallest absolute Gasteiger partial charge is 0.289 e. The zero-order valence-corrected chi connectivity index (χ0v) is 16.9. The van der Waals surface area contributed by atoms with Crippen LogP contribution in [0.4, 0.5) is 14.5 Å². The SMILES string of the molecule is CC1(CO)CN=C(Nc2cc(F)c(Oc3ccnc4[nH]cc(Br)c34)c(F)c2)OC1. The Hall–Kier alpha value is -2.72. The van der Waals surface area contributed by atoms with Crippen molar-refractivity contribution in [3.8, 4) is 11.5 Å². The maximum atomic E-state index is 14.6. The summed E-state index contributed by atoms with van der Waals surface area (Å²) in [5.41, 5.74) is 0.180. The van der Waals surface area contributed by atoms with Crippen LogP contribution in [0.3, 0.4) is 0 Å². The van der Waals surface area contributed by atoms with Crippen molar-refractivity contribution in [3.05, 3.63) is 46.7 Å². The Morgan fingerprint density at radius 3 is 2.79 bits per heavy atom. The van der Waals surface area contributed by atoms with Crippen LogP contribution in [0, 0.1) is 17.0 Å². The molecule has 1 unspecified atom stereocenters. The van der Waals surface area contributed by atoms with Gasteiger partial charge in [-0.2, -0.15) is 0 Å². The number of aromatic nitrogens is 2. The lowest BCUT2D eigenvalue weighted by atomic mass is 9.93. The zero-order valence-electron chi connectivity index (χ0n) is 15.3. The van der Waals surface area contributed by atoms with Gasteiger partial charge in [0.2, 0.25) is 0 Å². The molecule has 0 radical (unpaired) electrons. The van der Waals surface area contributed by atoms with Gasteiger partial charge in [0.15, 0.2) is 17.4 Å². The van der Waals surface area contributed by atoms with Gasteiger partial charge in [-0.25, -0.2) is 18.8 Å². The minimum atomic E-state index is -0.888.